The topological polar surface area (TPSA) is 66.7 Å². The Morgan fingerprint density at radius 1 is 1.17 bits per heavy atom. The highest BCUT2D eigenvalue weighted by molar-refractivity contribution is 7.13. The third-order valence-corrected chi connectivity index (χ3v) is 6.93. The molecule has 0 N–H and O–H groups in total. The van der Waals surface area contributed by atoms with E-state index in [0.717, 1.165) is 35.4 Å². The summed E-state index contributed by atoms with van der Waals surface area (Å²) in [7, 11) is 0. The number of hydrogen-bond donors (Lipinski definition) is 0. The maximum Gasteiger partial charge on any atom is 0.349 e. The molecule has 0 bridgehead atoms. The minimum atomic E-state index is -0.496. The van der Waals surface area contributed by atoms with Crippen LogP contribution in [-0.2, 0) is 0 Å². The first kappa shape index (κ1) is 18.4. The molecule has 0 unspecified atom stereocenters. The van der Waals surface area contributed by atoms with Crippen molar-refractivity contribution in [3.8, 4) is 0 Å². The molecule has 1 aliphatic carbocycles. The van der Waals surface area contributed by atoms with E-state index in [2.05, 4.69) is 21.4 Å². The van der Waals surface area contributed by atoms with Crippen LogP contribution in [0.1, 0.15) is 46.9 Å². The van der Waals surface area contributed by atoms with Gasteiger partial charge < -0.3 is 14.2 Å². The van der Waals surface area contributed by atoms with Crippen molar-refractivity contribution in [2.75, 3.05) is 31.1 Å². The van der Waals surface area contributed by atoms with Crippen LogP contribution >= 0.6 is 11.5 Å². The van der Waals surface area contributed by atoms with E-state index in [1.165, 1.54) is 22.7 Å². The molecule has 7 heteroatoms. The number of amides is 1. The molecule has 6 nitrogen and oxygen atoms in total. The van der Waals surface area contributed by atoms with Crippen LogP contribution in [-0.4, -0.2) is 41.4 Å². The van der Waals surface area contributed by atoms with Gasteiger partial charge in [0.15, 0.2) is 0 Å². The van der Waals surface area contributed by atoms with Crippen molar-refractivity contribution in [3.05, 3.63) is 57.6 Å². The standard InChI is InChI=1S/C22H23N3O3S/c1-14-13-17(15-5-4-6-15)28-22(27)19(14)21(26)25-11-9-24(10-12-25)20-16-7-2-3-8-18(16)29-23-20/h2-3,7-8,13,15H,4-6,9-12H2,1H3. The van der Waals surface area contributed by atoms with Crippen LogP contribution in [0.3, 0.4) is 0 Å². The second-order valence-corrected chi connectivity index (χ2v) is 8.71. The lowest BCUT2D eigenvalue weighted by molar-refractivity contribution is 0.0740. The lowest BCUT2D eigenvalue weighted by Crippen LogP contribution is -2.49. The highest BCUT2D eigenvalue weighted by Crippen LogP contribution is 2.36. The molecule has 1 saturated heterocycles. The molecule has 1 amide bonds. The molecule has 1 aromatic carbocycles. The van der Waals surface area contributed by atoms with E-state index in [-0.39, 0.29) is 11.5 Å². The highest BCUT2D eigenvalue weighted by Gasteiger charge is 2.29. The van der Waals surface area contributed by atoms with Gasteiger partial charge in [0.2, 0.25) is 0 Å². The number of benzene rings is 1. The van der Waals surface area contributed by atoms with Crippen LogP contribution in [0.5, 0.6) is 0 Å². The number of anilines is 1. The minimum Gasteiger partial charge on any atom is -0.427 e. The zero-order chi connectivity index (χ0) is 20.0. The van der Waals surface area contributed by atoms with Crippen molar-refractivity contribution in [2.45, 2.75) is 32.1 Å². The second kappa shape index (κ2) is 7.30. The molecular formula is C22H23N3O3S. The van der Waals surface area contributed by atoms with Crippen molar-refractivity contribution in [3.63, 3.8) is 0 Å². The van der Waals surface area contributed by atoms with Crippen LogP contribution in [0, 0.1) is 6.92 Å². The van der Waals surface area contributed by atoms with Crippen LogP contribution in [0.2, 0.25) is 0 Å². The van der Waals surface area contributed by atoms with Gasteiger partial charge in [-0.3, -0.25) is 4.79 Å². The van der Waals surface area contributed by atoms with Crippen molar-refractivity contribution in [2.24, 2.45) is 0 Å². The summed E-state index contributed by atoms with van der Waals surface area (Å²) >= 11 is 1.50. The molecule has 1 aliphatic heterocycles. The van der Waals surface area contributed by atoms with Gasteiger partial charge in [0.25, 0.3) is 5.91 Å². The van der Waals surface area contributed by atoms with Crippen LogP contribution in [0.4, 0.5) is 5.82 Å². The molecule has 5 rings (SSSR count). The number of fused-ring (bicyclic) bond motifs is 1. The lowest BCUT2D eigenvalue weighted by Gasteiger charge is -2.35. The summed E-state index contributed by atoms with van der Waals surface area (Å²) in [5.41, 5.74) is 0.409. The molecular weight excluding hydrogens is 386 g/mol. The number of rotatable bonds is 3. The maximum atomic E-state index is 13.0. The quantitative estimate of drug-likeness (QED) is 0.658. The smallest absolute Gasteiger partial charge is 0.349 e. The zero-order valence-corrected chi connectivity index (χ0v) is 17.2. The van der Waals surface area contributed by atoms with Crippen LogP contribution in [0.15, 0.2) is 39.5 Å². The van der Waals surface area contributed by atoms with Gasteiger partial charge in [0.1, 0.15) is 17.1 Å². The number of piperazine rings is 1. The van der Waals surface area contributed by atoms with E-state index in [1.807, 2.05) is 25.1 Å². The third kappa shape index (κ3) is 3.23. The Morgan fingerprint density at radius 3 is 2.62 bits per heavy atom. The zero-order valence-electron chi connectivity index (χ0n) is 16.4. The molecule has 150 valence electrons. The Bertz CT molecular complexity index is 1120. The first-order valence-electron chi connectivity index (χ1n) is 10.1. The van der Waals surface area contributed by atoms with Gasteiger partial charge >= 0.3 is 5.63 Å². The van der Waals surface area contributed by atoms with Crippen molar-refractivity contribution < 1.29 is 9.21 Å². The average molecular weight is 410 g/mol. The van der Waals surface area contributed by atoms with Gasteiger partial charge in [0.05, 0.1) is 4.70 Å². The summed E-state index contributed by atoms with van der Waals surface area (Å²) in [4.78, 5) is 29.6. The van der Waals surface area contributed by atoms with E-state index < -0.39 is 5.63 Å². The van der Waals surface area contributed by atoms with Crippen LogP contribution < -0.4 is 10.5 Å². The van der Waals surface area contributed by atoms with Crippen molar-refractivity contribution in [1.82, 2.24) is 9.27 Å². The molecule has 29 heavy (non-hydrogen) atoms. The molecule has 3 aromatic rings. The number of aromatic nitrogens is 1. The molecule has 0 radical (unpaired) electrons. The number of aryl methyl sites for hydroxylation is 1. The Balaban J connectivity index is 1.32. The Kier molecular flexibility index (Phi) is 4.62. The lowest BCUT2D eigenvalue weighted by atomic mass is 9.83. The van der Waals surface area contributed by atoms with Crippen molar-refractivity contribution >= 4 is 33.3 Å². The number of carbonyl (C=O) groups is 1. The monoisotopic (exact) mass is 409 g/mol. The predicted octanol–water partition coefficient (Wildman–Crippen LogP) is 3.79. The SMILES string of the molecule is Cc1cc(C2CCC2)oc(=O)c1C(=O)N1CCN(c2nsc3ccccc23)CC1. The fraction of sp³-hybridized carbons (Fsp3) is 0.409. The molecule has 0 spiro atoms. The fourth-order valence-electron chi connectivity index (χ4n) is 4.16. The molecule has 2 fully saturated rings. The summed E-state index contributed by atoms with van der Waals surface area (Å²) in [5, 5.41) is 1.15. The fourth-order valence-corrected chi connectivity index (χ4v) is 4.96. The first-order chi connectivity index (χ1) is 14.1. The van der Waals surface area contributed by atoms with E-state index in [0.29, 0.717) is 32.1 Å². The van der Waals surface area contributed by atoms with Gasteiger partial charge in [-0.2, -0.15) is 4.37 Å². The van der Waals surface area contributed by atoms with Gasteiger partial charge in [0, 0.05) is 37.5 Å². The third-order valence-electron chi connectivity index (χ3n) is 6.11. The largest absolute Gasteiger partial charge is 0.427 e. The molecule has 0 atom stereocenters. The van der Waals surface area contributed by atoms with Gasteiger partial charge in [-0.1, -0.05) is 18.6 Å². The molecule has 2 aromatic heterocycles. The number of nitrogens with zero attached hydrogens (tertiary/aromatic N) is 3. The summed E-state index contributed by atoms with van der Waals surface area (Å²) < 4.78 is 11.3. The number of hydrogen-bond acceptors (Lipinski definition) is 6. The van der Waals surface area contributed by atoms with Gasteiger partial charge in [-0.05, 0) is 55.1 Å². The Labute approximate surface area is 172 Å². The maximum absolute atomic E-state index is 13.0. The molecule has 3 heterocycles. The first-order valence-corrected chi connectivity index (χ1v) is 10.9. The molecule has 2 aliphatic rings. The van der Waals surface area contributed by atoms with Crippen molar-refractivity contribution in [1.29, 1.82) is 0 Å². The summed E-state index contributed by atoms with van der Waals surface area (Å²) in [5.74, 6) is 1.83. The average Bonchev–Trinajstić information content (AvgIpc) is 3.10. The summed E-state index contributed by atoms with van der Waals surface area (Å²) in [6.45, 7) is 4.36. The predicted molar refractivity (Wildman–Crippen MR) is 114 cm³/mol. The van der Waals surface area contributed by atoms with Gasteiger partial charge in [-0.25, -0.2) is 4.79 Å². The van der Waals surface area contributed by atoms with Gasteiger partial charge in [-0.15, -0.1) is 0 Å². The second-order valence-electron chi connectivity index (χ2n) is 7.90. The van der Waals surface area contributed by atoms with Crippen LogP contribution in [0.25, 0.3) is 10.1 Å². The summed E-state index contributed by atoms with van der Waals surface area (Å²) in [6, 6.07) is 10.1. The van der Waals surface area contributed by atoms with E-state index in [9.17, 15) is 9.59 Å². The summed E-state index contributed by atoms with van der Waals surface area (Å²) in [6.07, 6.45) is 3.29. The molecule has 1 saturated carbocycles. The number of carbonyl (C=O) groups excluding carboxylic acids is 1. The van der Waals surface area contributed by atoms with E-state index >= 15 is 0 Å². The normalized spacial score (nSPS) is 17.6. The van der Waals surface area contributed by atoms with E-state index in [4.69, 9.17) is 4.42 Å². The Morgan fingerprint density at radius 2 is 1.93 bits per heavy atom. The highest BCUT2D eigenvalue weighted by atomic mass is 32.1. The Hall–Kier alpha value is -2.67. The minimum absolute atomic E-state index is 0.181. The van der Waals surface area contributed by atoms with E-state index in [1.54, 1.807) is 4.90 Å².